The van der Waals surface area contributed by atoms with Gasteiger partial charge in [0.25, 0.3) is 22.2 Å². The first kappa shape index (κ1) is 22.0. The van der Waals surface area contributed by atoms with Crippen LogP contribution in [0.25, 0.3) is 33.3 Å². The van der Waals surface area contributed by atoms with E-state index in [1.165, 1.54) is 25.3 Å². The molecule has 0 saturated carbocycles. The maximum Gasteiger partial charge on any atom is 0.266 e. The number of fused-ring (bicyclic) bond motifs is 2. The number of aryl methyl sites for hydroxylation is 1. The first-order valence-corrected chi connectivity index (χ1v) is 10.8. The van der Waals surface area contributed by atoms with Crippen molar-refractivity contribution in [2.75, 3.05) is 5.32 Å². The molecule has 8 nitrogen and oxygen atoms in total. The highest BCUT2D eigenvalue weighted by molar-refractivity contribution is 6.02. The number of carbonyl (C=O) groups is 1. The van der Waals surface area contributed by atoms with Crippen molar-refractivity contribution in [3.05, 3.63) is 119 Å². The minimum Gasteiger partial charge on any atom is -0.323 e. The van der Waals surface area contributed by atoms with Crippen LogP contribution < -0.4 is 27.6 Å². The Balaban J connectivity index is 1.44. The lowest BCUT2D eigenvalue weighted by Crippen LogP contribution is -2.23. The zero-order valence-corrected chi connectivity index (χ0v) is 18.9. The summed E-state index contributed by atoms with van der Waals surface area (Å²) in [4.78, 5) is 62.8. The van der Waals surface area contributed by atoms with Crippen molar-refractivity contribution in [3.63, 3.8) is 0 Å². The molecule has 0 unspecified atom stereocenters. The Hall–Kier alpha value is -4.85. The molecule has 35 heavy (non-hydrogen) atoms. The molecular weight excluding hydrogens is 446 g/mol. The Labute approximate surface area is 197 Å². The summed E-state index contributed by atoms with van der Waals surface area (Å²) in [6.07, 6.45) is 3.12. The van der Waals surface area contributed by atoms with Gasteiger partial charge in [-0.1, -0.05) is 29.8 Å². The summed E-state index contributed by atoms with van der Waals surface area (Å²) in [5.74, 6) is -0.326. The van der Waals surface area contributed by atoms with Gasteiger partial charge in [0.05, 0.1) is 27.2 Å². The maximum atomic E-state index is 13.0. The summed E-state index contributed by atoms with van der Waals surface area (Å²) in [6.45, 7) is 1.98. The summed E-state index contributed by atoms with van der Waals surface area (Å²) in [7, 11) is 1.35. The zero-order valence-electron chi connectivity index (χ0n) is 18.9. The van der Waals surface area contributed by atoms with E-state index >= 15 is 0 Å². The lowest BCUT2D eigenvalue weighted by atomic mass is 10.1. The van der Waals surface area contributed by atoms with Crippen LogP contribution in [0.5, 0.6) is 0 Å². The van der Waals surface area contributed by atoms with E-state index in [2.05, 4.69) is 5.32 Å². The molecule has 0 bridgehead atoms. The van der Waals surface area contributed by atoms with Crippen molar-refractivity contribution in [3.8, 4) is 5.69 Å². The first-order valence-electron chi connectivity index (χ1n) is 10.8. The van der Waals surface area contributed by atoms with Crippen LogP contribution in [0.3, 0.4) is 0 Å². The SMILES string of the molecule is Cc1ccc(/C=C/C(=O)Nc2ccc(-n3c(=O)c4cc5c(=O)n(C)c(=O)c5cc4c3=O)cc2)cc1. The number of carbonyl (C=O) groups excluding carboxylic acids is 1. The molecule has 0 atom stereocenters. The largest absolute Gasteiger partial charge is 0.323 e. The van der Waals surface area contributed by atoms with Gasteiger partial charge >= 0.3 is 0 Å². The number of amides is 1. The van der Waals surface area contributed by atoms with Gasteiger partial charge in [0.2, 0.25) is 5.91 Å². The van der Waals surface area contributed by atoms with Crippen molar-refractivity contribution in [1.82, 2.24) is 9.13 Å². The van der Waals surface area contributed by atoms with Crippen molar-refractivity contribution in [2.45, 2.75) is 6.92 Å². The monoisotopic (exact) mass is 465 g/mol. The number of anilines is 1. The van der Waals surface area contributed by atoms with E-state index in [1.807, 2.05) is 31.2 Å². The number of nitrogens with one attached hydrogen (secondary N) is 1. The second-order valence-electron chi connectivity index (χ2n) is 8.34. The van der Waals surface area contributed by atoms with Gasteiger partial charge in [-0.15, -0.1) is 0 Å². The van der Waals surface area contributed by atoms with E-state index in [0.717, 1.165) is 20.3 Å². The molecule has 172 valence electrons. The molecule has 2 heterocycles. The molecule has 1 amide bonds. The van der Waals surface area contributed by atoms with Crippen molar-refractivity contribution in [2.24, 2.45) is 7.05 Å². The number of hydrogen-bond donors (Lipinski definition) is 1. The lowest BCUT2D eigenvalue weighted by Gasteiger charge is -2.05. The topological polar surface area (TPSA) is 107 Å². The Morgan fingerprint density at radius 1 is 0.743 bits per heavy atom. The van der Waals surface area contributed by atoms with E-state index in [-0.39, 0.29) is 27.5 Å². The molecule has 0 aliphatic heterocycles. The zero-order chi connectivity index (χ0) is 24.9. The number of aromatic nitrogens is 2. The van der Waals surface area contributed by atoms with E-state index in [9.17, 15) is 24.0 Å². The summed E-state index contributed by atoms with van der Waals surface area (Å²) < 4.78 is 1.94. The predicted octanol–water partition coefficient (Wildman–Crippen LogP) is 2.40. The molecule has 2 aromatic heterocycles. The van der Waals surface area contributed by atoms with Crippen LogP contribution in [-0.4, -0.2) is 15.0 Å². The Kier molecular flexibility index (Phi) is 5.13. The molecule has 0 aliphatic rings. The molecule has 8 heteroatoms. The Morgan fingerprint density at radius 2 is 1.26 bits per heavy atom. The highest BCUT2D eigenvalue weighted by atomic mass is 16.2. The standard InChI is InChI=1S/C27H19N3O5/c1-15-3-5-16(6-4-15)7-12-23(31)28-17-8-10-18(11-9-17)30-26(34)21-13-19-20(14-22(21)27(30)35)25(33)29(2)24(19)32/h3-14H,1-2H3,(H,28,31)/b12-7+. The van der Waals surface area contributed by atoms with E-state index < -0.39 is 22.2 Å². The number of benzene rings is 3. The van der Waals surface area contributed by atoms with E-state index in [0.29, 0.717) is 11.4 Å². The van der Waals surface area contributed by atoms with Gasteiger partial charge in [-0.25, -0.2) is 4.57 Å². The summed E-state index contributed by atoms with van der Waals surface area (Å²) in [6, 6.07) is 16.6. The van der Waals surface area contributed by atoms with Crippen LogP contribution in [-0.2, 0) is 11.8 Å². The van der Waals surface area contributed by atoms with E-state index in [1.54, 1.807) is 30.3 Å². The fourth-order valence-corrected chi connectivity index (χ4v) is 4.06. The second-order valence-corrected chi connectivity index (χ2v) is 8.34. The van der Waals surface area contributed by atoms with Crippen LogP contribution in [0.1, 0.15) is 11.1 Å². The van der Waals surface area contributed by atoms with Crippen molar-refractivity contribution >= 4 is 39.2 Å². The van der Waals surface area contributed by atoms with Crippen molar-refractivity contribution in [1.29, 1.82) is 0 Å². The average molecular weight is 465 g/mol. The third-order valence-corrected chi connectivity index (χ3v) is 5.99. The quantitative estimate of drug-likeness (QED) is 0.410. The highest BCUT2D eigenvalue weighted by Gasteiger charge is 2.19. The normalized spacial score (nSPS) is 11.6. The summed E-state index contributed by atoms with van der Waals surface area (Å²) >= 11 is 0. The van der Waals surface area contributed by atoms with Crippen LogP contribution in [0.15, 0.2) is 85.9 Å². The molecule has 5 aromatic rings. The number of hydrogen-bond acceptors (Lipinski definition) is 5. The smallest absolute Gasteiger partial charge is 0.266 e. The van der Waals surface area contributed by atoms with Gasteiger partial charge in [-0.05, 0) is 55.0 Å². The van der Waals surface area contributed by atoms with Gasteiger partial charge in [0.15, 0.2) is 0 Å². The fraction of sp³-hybridized carbons (Fsp3) is 0.0741. The molecule has 0 aliphatic carbocycles. The first-order chi connectivity index (χ1) is 16.7. The van der Waals surface area contributed by atoms with Crippen LogP contribution >= 0.6 is 0 Å². The Morgan fingerprint density at radius 3 is 1.80 bits per heavy atom. The highest BCUT2D eigenvalue weighted by Crippen LogP contribution is 2.17. The minimum atomic E-state index is -0.583. The average Bonchev–Trinajstić information content (AvgIpc) is 3.22. The van der Waals surface area contributed by atoms with Crippen LogP contribution in [0.2, 0.25) is 0 Å². The molecule has 0 spiro atoms. The molecular formula is C27H19N3O5. The molecule has 0 fully saturated rings. The minimum absolute atomic E-state index is 0.0730. The molecule has 0 saturated heterocycles. The molecule has 1 N–H and O–H groups in total. The summed E-state index contributed by atoms with van der Waals surface area (Å²) in [5.41, 5.74) is 0.629. The number of rotatable bonds is 4. The van der Waals surface area contributed by atoms with E-state index in [4.69, 9.17) is 0 Å². The third kappa shape index (κ3) is 3.71. The van der Waals surface area contributed by atoms with Gasteiger partial charge in [0, 0.05) is 18.8 Å². The third-order valence-electron chi connectivity index (χ3n) is 5.99. The van der Waals surface area contributed by atoms with Gasteiger partial charge in [-0.2, -0.15) is 0 Å². The predicted molar refractivity (Wildman–Crippen MR) is 136 cm³/mol. The molecule has 5 rings (SSSR count). The maximum absolute atomic E-state index is 13.0. The van der Waals surface area contributed by atoms with Gasteiger partial charge < -0.3 is 5.32 Å². The molecule has 3 aromatic carbocycles. The Bertz CT molecular complexity index is 1790. The second kappa shape index (κ2) is 8.18. The summed E-state index contributed by atoms with van der Waals surface area (Å²) in [5, 5.41) is 3.09. The molecule has 0 radical (unpaired) electrons. The van der Waals surface area contributed by atoms with Gasteiger partial charge in [0.1, 0.15) is 0 Å². The lowest BCUT2D eigenvalue weighted by molar-refractivity contribution is -0.111. The van der Waals surface area contributed by atoms with Crippen LogP contribution in [0.4, 0.5) is 5.69 Å². The number of nitrogens with zero attached hydrogens (tertiary/aromatic N) is 2. The van der Waals surface area contributed by atoms with Crippen LogP contribution in [0, 0.1) is 6.92 Å². The van der Waals surface area contributed by atoms with Crippen molar-refractivity contribution < 1.29 is 4.79 Å². The van der Waals surface area contributed by atoms with Gasteiger partial charge in [-0.3, -0.25) is 28.5 Å². The fourth-order valence-electron chi connectivity index (χ4n) is 4.06.